The molecule has 1 N–H and O–H groups in total. The van der Waals surface area contributed by atoms with Crippen molar-refractivity contribution < 1.29 is 18.5 Å². The molecule has 1 aliphatic heterocycles. The van der Waals surface area contributed by atoms with Crippen LogP contribution < -0.4 is 5.32 Å². The summed E-state index contributed by atoms with van der Waals surface area (Å²) >= 11 is 0. The van der Waals surface area contributed by atoms with E-state index in [0.717, 1.165) is 0 Å². The molecule has 0 aromatic carbocycles. The van der Waals surface area contributed by atoms with E-state index in [1.54, 1.807) is 12.1 Å². The van der Waals surface area contributed by atoms with Gasteiger partial charge in [-0.15, -0.1) is 0 Å². The summed E-state index contributed by atoms with van der Waals surface area (Å²) in [6.45, 7) is 0.961. The summed E-state index contributed by atoms with van der Waals surface area (Å²) in [4.78, 5) is 24.8. The fourth-order valence-electron chi connectivity index (χ4n) is 1.88. The van der Waals surface area contributed by atoms with Crippen LogP contribution in [0.25, 0.3) is 11.5 Å². The Morgan fingerprint density at radius 2 is 2.32 bits per heavy atom. The molecule has 0 spiro atoms. The second-order valence-electron chi connectivity index (χ2n) is 4.13. The molecule has 98 valence electrons. The zero-order chi connectivity index (χ0) is 13.2. The van der Waals surface area contributed by atoms with Crippen molar-refractivity contribution in [3.63, 3.8) is 0 Å². The zero-order valence-corrected chi connectivity index (χ0v) is 9.96. The molecule has 1 fully saturated rings. The molecule has 1 aliphatic rings. The Morgan fingerprint density at radius 3 is 3.05 bits per heavy atom. The Bertz CT molecular complexity index is 602. The van der Waals surface area contributed by atoms with Gasteiger partial charge in [0, 0.05) is 19.2 Å². The number of carbonyl (C=O) groups excluding carboxylic acids is 2. The van der Waals surface area contributed by atoms with Gasteiger partial charge in [0.2, 0.25) is 11.7 Å². The predicted molar refractivity (Wildman–Crippen MR) is 63.1 cm³/mol. The van der Waals surface area contributed by atoms with Crippen molar-refractivity contribution in [2.75, 3.05) is 19.6 Å². The fraction of sp³-hybridized carbons (Fsp3) is 0.250. The standard InChI is InChI=1S/C12H11N3O4/c16-11-7-15(4-3-13-11)12(17)8-6-10(19-14-8)9-2-1-5-18-9/h1-2,5-6H,3-4,7H2,(H,13,16). The Labute approximate surface area is 108 Å². The number of furan rings is 1. The summed E-state index contributed by atoms with van der Waals surface area (Å²) in [7, 11) is 0. The van der Waals surface area contributed by atoms with Crippen LogP contribution >= 0.6 is 0 Å². The number of piperazine rings is 1. The third kappa shape index (κ3) is 2.22. The van der Waals surface area contributed by atoms with Crippen molar-refractivity contribution in [1.29, 1.82) is 0 Å². The van der Waals surface area contributed by atoms with Crippen molar-refractivity contribution in [1.82, 2.24) is 15.4 Å². The lowest BCUT2D eigenvalue weighted by atomic mass is 10.2. The van der Waals surface area contributed by atoms with Crippen LogP contribution in [-0.2, 0) is 4.79 Å². The molecule has 0 radical (unpaired) electrons. The number of carbonyl (C=O) groups is 2. The minimum absolute atomic E-state index is 0.0434. The van der Waals surface area contributed by atoms with Crippen LogP contribution in [0.4, 0.5) is 0 Å². The molecule has 2 aromatic heterocycles. The van der Waals surface area contributed by atoms with E-state index in [9.17, 15) is 9.59 Å². The highest BCUT2D eigenvalue weighted by Crippen LogP contribution is 2.21. The van der Waals surface area contributed by atoms with Gasteiger partial charge in [0.15, 0.2) is 11.5 Å². The maximum absolute atomic E-state index is 12.1. The van der Waals surface area contributed by atoms with Crippen LogP contribution in [0.3, 0.4) is 0 Å². The highest BCUT2D eigenvalue weighted by molar-refractivity contribution is 5.96. The lowest BCUT2D eigenvalue weighted by molar-refractivity contribution is -0.123. The normalized spacial score (nSPS) is 15.4. The molecule has 19 heavy (non-hydrogen) atoms. The van der Waals surface area contributed by atoms with Gasteiger partial charge in [-0.05, 0) is 12.1 Å². The summed E-state index contributed by atoms with van der Waals surface area (Å²) in [5.74, 6) is 0.392. The van der Waals surface area contributed by atoms with Crippen LogP contribution in [0, 0.1) is 0 Å². The van der Waals surface area contributed by atoms with Crippen LogP contribution in [0.15, 0.2) is 33.4 Å². The third-order valence-corrected chi connectivity index (χ3v) is 2.82. The van der Waals surface area contributed by atoms with Crippen molar-refractivity contribution in [3.05, 3.63) is 30.2 Å². The molecule has 2 aromatic rings. The number of nitrogens with zero attached hydrogens (tertiary/aromatic N) is 2. The highest BCUT2D eigenvalue weighted by atomic mass is 16.5. The molecule has 7 nitrogen and oxygen atoms in total. The molecule has 0 atom stereocenters. The maximum atomic E-state index is 12.1. The molecule has 7 heteroatoms. The van der Waals surface area contributed by atoms with Crippen molar-refractivity contribution in [2.24, 2.45) is 0 Å². The number of amides is 2. The van der Waals surface area contributed by atoms with E-state index in [1.165, 1.54) is 17.2 Å². The first-order chi connectivity index (χ1) is 9.24. The number of hydrogen-bond acceptors (Lipinski definition) is 5. The summed E-state index contributed by atoms with van der Waals surface area (Å²) < 4.78 is 10.2. The molecule has 1 saturated heterocycles. The molecular weight excluding hydrogens is 250 g/mol. The Hall–Kier alpha value is -2.57. The SMILES string of the molecule is O=C1CN(C(=O)c2cc(-c3ccco3)on2)CCN1. The maximum Gasteiger partial charge on any atom is 0.276 e. The van der Waals surface area contributed by atoms with E-state index < -0.39 is 0 Å². The van der Waals surface area contributed by atoms with Gasteiger partial charge in [0.25, 0.3) is 5.91 Å². The Kier molecular flexibility index (Phi) is 2.79. The van der Waals surface area contributed by atoms with Gasteiger partial charge < -0.3 is 19.2 Å². The molecule has 3 rings (SSSR count). The average molecular weight is 261 g/mol. The van der Waals surface area contributed by atoms with Crippen LogP contribution in [0.1, 0.15) is 10.5 Å². The third-order valence-electron chi connectivity index (χ3n) is 2.82. The molecule has 2 amide bonds. The van der Waals surface area contributed by atoms with E-state index in [2.05, 4.69) is 10.5 Å². The van der Waals surface area contributed by atoms with Crippen LogP contribution in [0.2, 0.25) is 0 Å². The second-order valence-corrected chi connectivity index (χ2v) is 4.13. The van der Waals surface area contributed by atoms with E-state index >= 15 is 0 Å². The molecule has 0 unspecified atom stereocenters. The number of rotatable bonds is 2. The minimum Gasteiger partial charge on any atom is -0.461 e. The first kappa shape index (κ1) is 11.5. The van der Waals surface area contributed by atoms with Gasteiger partial charge in [-0.2, -0.15) is 0 Å². The average Bonchev–Trinajstić information content (AvgIpc) is 3.08. The number of nitrogens with one attached hydrogen (secondary N) is 1. The van der Waals surface area contributed by atoms with Gasteiger partial charge in [0.1, 0.15) is 0 Å². The van der Waals surface area contributed by atoms with Gasteiger partial charge >= 0.3 is 0 Å². The van der Waals surface area contributed by atoms with Crippen molar-refractivity contribution >= 4 is 11.8 Å². The minimum atomic E-state index is -0.323. The lowest BCUT2D eigenvalue weighted by Gasteiger charge is -2.25. The van der Waals surface area contributed by atoms with Crippen molar-refractivity contribution in [3.8, 4) is 11.5 Å². The highest BCUT2D eigenvalue weighted by Gasteiger charge is 2.25. The molecule has 3 heterocycles. The first-order valence-corrected chi connectivity index (χ1v) is 5.80. The smallest absolute Gasteiger partial charge is 0.276 e. The summed E-state index contributed by atoms with van der Waals surface area (Å²) in [6.07, 6.45) is 1.51. The van der Waals surface area contributed by atoms with E-state index in [4.69, 9.17) is 8.94 Å². The largest absolute Gasteiger partial charge is 0.461 e. The van der Waals surface area contributed by atoms with Gasteiger partial charge in [0.05, 0.1) is 12.8 Å². The fourth-order valence-corrected chi connectivity index (χ4v) is 1.88. The van der Waals surface area contributed by atoms with Gasteiger partial charge in [-0.25, -0.2) is 0 Å². The van der Waals surface area contributed by atoms with Crippen LogP contribution in [0.5, 0.6) is 0 Å². The summed E-state index contributed by atoms with van der Waals surface area (Å²) in [6, 6.07) is 4.94. The Balaban J connectivity index is 1.79. The van der Waals surface area contributed by atoms with E-state index in [-0.39, 0.29) is 24.1 Å². The molecule has 0 aliphatic carbocycles. The number of aromatic nitrogens is 1. The monoisotopic (exact) mass is 261 g/mol. The second kappa shape index (κ2) is 4.60. The van der Waals surface area contributed by atoms with E-state index in [0.29, 0.717) is 24.6 Å². The van der Waals surface area contributed by atoms with Gasteiger partial charge in [-0.1, -0.05) is 5.16 Å². The summed E-state index contributed by atoms with van der Waals surface area (Å²) in [5.41, 5.74) is 0.168. The molecule has 0 bridgehead atoms. The lowest BCUT2D eigenvalue weighted by Crippen LogP contribution is -2.50. The number of hydrogen-bond donors (Lipinski definition) is 1. The Morgan fingerprint density at radius 1 is 1.42 bits per heavy atom. The van der Waals surface area contributed by atoms with Gasteiger partial charge in [-0.3, -0.25) is 9.59 Å². The van der Waals surface area contributed by atoms with E-state index in [1.807, 2.05) is 0 Å². The van der Waals surface area contributed by atoms with Crippen LogP contribution in [-0.4, -0.2) is 41.5 Å². The quantitative estimate of drug-likeness (QED) is 0.850. The predicted octanol–water partition coefficient (Wildman–Crippen LogP) is 0.507. The zero-order valence-electron chi connectivity index (χ0n) is 9.96. The van der Waals surface area contributed by atoms with Crippen molar-refractivity contribution in [2.45, 2.75) is 0 Å². The summed E-state index contributed by atoms with van der Waals surface area (Å²) in [5, 5.41) is 6.37. The molecule has 0 saturated carbocycles. The molecular formula is C12H11N3O4. The topological polar surface area (TPSA) is 88.6 Å². The first-order valence-electron chi connectivity index (χ1n) is 5.80.